The van der Waals surface area contributed by atoms with Crippen LogP contribution in [0.3, 0.4) is 0 Å². The van der Waals surface area contributed by atoms with E-state index >= 15 is 0 Å². The molecule has 0 unspecified atom stereocenters. The minimum atomic E-state index is 0.644. The molecule has 0 saturated carbocycles. The maximum atomic E-state index is 4.61. The Labute approximate surface area is 160 Å². The van der Waals surface area contributed by atoms with Crippen molar-refractivity contribution < 1.29 is 0 Å². The van der Waals surface area contributed by atoms with E-state index < -0.39 is 0 Å². The predicted octanol–water partition coefficient (Wildman–Crippen LogP) is 3.17. The Balaban J connectivity index is 1.31. The first-order valence-corrected chi connectivity index (χ1v) is 9.61. The quantitative estimate of drug-likeness (QED) is 0.730. The molecule has 6 nitrogen and oxygen atoms in total. The summed E-state index contributed by atoms with van der Waals surface area (Å²) in [5.41, 5.74) is 3.36. The molecule has 0 amide bonds. The molecule has 6 heteroatoms. The molecule has 2 aromatic heterocycles. The van der Waals surface area contributed by atoms with Gasteiger partial charge in [0.2, 0.25) is 5.95 Å². The average Bonchev–Trinajstić information content (AvgIpc) is 3.16. The summed E-state index contributed by atoms with van der Waals surface area (Å²) >= 11 is 0. The highest BCUT2D eigenvalue weighted by Gasteiger charge is 2.20. The van der Waals surface area contributed by atoms with E-state index in [0.29, 0.717) is 11.9 Å². The first kappa shape index (κ1) is 17.7. The molecule has 0 spiro atoms. The number of likely N-dealkylation sites (tertiary alicyclic amines) is 1. The summed E-state index contributed by atoms with van der Waals surface area (Å²) in [6.07, 6.45) is 8.12. The lowest BCUT2D eigenvalue weighted by Crippen LogP contribution is -2.37. The highest BCUT2D eigenvalue weighted by molar-refractivity contribution is 5.57. The number of piperidine rings is 1. The largest absolute Gasteiger partial charge is 0.353 e. The standard InChI is InChI=1S/C21H26N6/c1-26-15-19(14-24-26)20-9-10-22-21(25-20)23-11-13-27-12-5-8-18(16-27)17-6-3-2-4-7-17/h2-4,6-7,9-10,14-15,18H,5,8,11-13,16H2,1H3,(H,22,23,25)/t18-/m0/s1. The van der Waals surface area contributed by atoms with Gasteiger partial charge < -0.3 is 10.2 Å². The van der Waals surface area contributed by atoms with Crippen molar-refractivity contribution in [3.63, 3.8) is 0 Å². The van der Waals surface area contributed by atoms with E-state index in [1.54, 1.807) is 10.9 Å². The van der Waals surface area contributed by atoms with Crippen molar-refractivity contribution in [1.29, 1.82) is 0 Å². The van der Waals surface area contributed by atoms with E-state index in [2.05, 4.69) is 55.6 Å². The fourth-order valence-corrected chi connectivity index (χ4v) is 3.74. The topological polar surface area (TPSA) is 58.9 Å². The fourth-order valence-electron chi connectivity index (χ4n) is 3.74. The molecule has 140 valence electrons. The van der Waals surface area contributed by atoms with Crippen LogP contribution in [-0.2, 0) is 7.05 Å². The van der Waals surface area contributed by atoms with Crippen LogP contribution in [-0.4, -0.2) is 50.8 Å². The third kappa shape index (κ3) is 4.52. The van der Waals surface area contributed by atoms with Crippen LogP contribution >= 0.6 is 0 Å². The minimum Gasteiger partial charge on any atom is -0.353 e. The highest BCUT2D eigenvalue weighted by Crippen LogP contribution is 2.26. The van der Waals surface area contributed by atoms with Crippen LogP contribution < -0.4 is 5.32 Å². The van der Waals surface area contributed by atoms with Gasteiger partial charge in [0.05, 0.1) is 11.9 Å². The van der Waals surface area contributed by atoms with Gasteiger partial charge in [-0.25, -0.2) is 9.97 Å². The molecule has 1 fully saturated rings. The van der Waals surface area contributed by atoms with Gasteiger partial charge in [-0.3, -0.25) is 4.68 Å². The smallest absolute Gasteiger partial charge is 0.223 e. The molecule has 1 saturated heterocycles. The van der Waals surface area contributed by atoms with Crippen molar-refractivity contribution in [2.75, 3.05) is 31.5 Å². The van der Waals surface area contributed by atoms with E-state index in [4.69, 9.17) is 0 Å². The van der Waals surface area contributed by atoms with Gasteiger partial charge in [-0.15, -0.1) is 0 Å². The Hall–Kier alpha value is -2.73. The summed E-state index contributed by atoms with van der Waals surface area (Å²) in [5, 5.41) is 7.58. The molecule has 1 atom stereocenters. The molecule has 1 N–H and O–H groups in total. The van der Waals surface area contributed by atoms with Gasteiger partial charge in [0.1, 0.15) is 0 Å². The molecular formula is C21H26N6. The Kier molecular flexibility index (Phi) is 5.44. The summed E-state index contributed by atoms with van der Waals surface area (Å²) in [6, 6.07) is 12.8. The maximum absolute atomic E-state index is 4.61. The highest BCUT2D eigenvalue weighted by atomic mass is 15.2. The van der Waals surface area contributed by atoms with E-state index in [9.17, 15) is 0 Å². The zero-order valence-corrected chi connectivity index (χ0v) is 15.8. The van der Waals surface area contributed by atoms with Crippen molar-refractivity contribution >= 4 is 5.95 Å². The number of aromatic nitrogens is 4. The van der Waals surface area contributed by atoms with Crippen LogP contribution in [0.25, 0.3) is 11.3 Å². The monoisotopic (exact) mass is 362 g/mol. The first-order chi connectivity index (χ1) is 13.3. The molecule has 3 aromatic rings. The van der Waals surface area contributed by atoms with Crippen LogP contribution in [0.4, 0.5) is 5.95 Å². The van der Waals surface area contributed by atoms with Gasteiger partial charge in [0.15, 0.2) is 0 Å². The summed E-state index contributed by atoms with van der Waals surface area (Å²) in [7, 11) is 1.91. The van der Waals surface area contributed by atoms with Gasteiger partial charge in [-0.2, -0.15) is 5.10 Å². The lowest BCUT2D eigenvalue weighted by Gasteiger charge is -2.33. The lowest BCUT2D eigenvalue weighted by atomic mass is 9.91. The molecule has 0 radical (unpaired) electrons. The van der Waals surface area contributed by atoms with Gasteiger partial charge in [-0.1, -0.05) is 30.3 Å². The van der Waals surface area contributed by atoms with Crippen LogP contribution in [0.5, 0.6) is 0 Å². The zero-order valence-electron chi connectivity index (χ0n) is 15.8. The Bertz CT molecular complexity index is 860. The molecule has 1 aromatic carbocycles. The van der Waals surface area contributed by atoms with E-state index in [1.165, 1.54) is 24.9 Å². The summed E-state index contributed by atoms with van der Waals surface area (Å²) in [5.74, 6) is 1.32. The first-order valence-electron chi connectivity index (χ1n) is 9.61. The number of anilines is 1. The number of aryl methyl sites for hydroxylation is 1. The second-order valence-electron chi connectivity index (χ2n) is 7.15. The molecule has 27 heavy (non-hydrogen) atoms. The van der Waals surface area contributed by atoms with Crippen molar-refractivity contribution in [2.24, 2.45) is 7.05 Å². The third-order valence-electron chi connectivity index (χ3n) is 5.14. The van der Waals surface area contributed by atoms with Gasteiger partial charge in [-0.05, 0) is 36.9 Å². The second kappa shape index (κ2) is 8.31. The van der Waals surface area contributed by atoms with E-state index in [1.807, 2.05) is 25.5 Å². The normalized spacial score (nSPS) is 17.7. The van der Waals surface area contributed by atoms with Crippen molar-refractivity contribution in [3.05, 3.63) is 60.6 Å². The predicted molar refractivity (Wildman–Crippen MR) is 108 cm³/mol. The summed E-state index contributed by atoms with van der Waals surface area (Å²) < 4.78 is 1.78. The van der Waals surface area contributed by atoms with E-state index in [-0.39, 0.29) is 0 Å². The van der Waals surface area contributed by atoms with Crippen LogP contribution in [0.15, 0.2) is 55.0 Å². The van der Waals surface area contributed by atoms with Crippen molar-refractivity contribution in [2.45, 2.75) is 18.8 Å². The summed E-state index contributed by atoms with van der Waals surface area (Å²) in [4.78, 5) is 11.5. The van der Waals surface area contributed by atoms with Crippen LogP contribution in [0, 0.1) is 0 Å². The number of nitrogens with zero attached hydrogens (tertiary/aromatic N) is 5. The van der Waals surface area contributed by atoms with Crippen LogP contribution in [0.2, 0.25) is 0 Å². The number of hydrogen-bond donors (Lipinski definition) is 1. The minimum absolute atomic E-state index is 0.644. The molecule has 0 aliphatic carbocycles. The molecule has 1 aliphatic rings. The average molecular weight is 362 g/mol. The maximum Gasteiger partial charge on any atom is 0.223 e. The lowest BCUT2D eigenvalue weighted by molar-refractivity contribution is 0.215. The van der Waals surface area contributed by atoms with Crippen molar-refractivity contribution in [1.82, 2.24) is 24.6 Å². The number of nitrogens with one attached hydrogen (secondary N) is 1. The molecule has 3 heterocycles. The van der Waals surface area contributed by atoms with Gasteiger partial charge >= 0.3 is 0 Å². The Morgan fingerprint density at radius 3 is 2.89 bits per heavy atom. The van der Waals surface area contributed by atoms with Gasteiger partial charge in [0, 0.05) is 44.6 Å². The summed E-state index contributed by atoms with van der Waals surface area (Å²) in [6.45, 7) is 4.14. The fraction of sp³-hybridized carbons (Fsp3) is 0.381. The van der Waals surface area contributed by atoms with Crippen molar-refractivity contribution in [3.8, 4) is 11.3 Å². The molecule has 1 aliphatic heterocycles. The molecular weight excluding hydrogens is 336 g/mol. The Morgan fingerprint density at radius 1 is 1.19 bits per heavy atom. The number of hydrogen-bond acceptors (Lipinski definition) is 5. The third-order valence-corrected chi connectivity index (χ3v) is 5.14. The Morgan fingerprint density at radius 2 is 2.07 bits per heavy atom. The zero-order chi connectivity index (χ0) is 18.5. The number of benzene rings is 1. The van der Waals surface area contributed by atoms with Gasteiger partial charge in [0.25, 0.3) is 0 Å². The van der Waals surface area contributed by atoms with Crippen LogP contribution in [0.1, 0.15) is 24.3 Å². The van der Waals surface area contributed by atoms with E-state index in [0.717, 1.165) is 30.9 Å². The second-order valence-corrected chi connectivity index (χ2v) is 7.15. The molecule has 4 rings (SSSR count). The number of rotatable bonds is 6. The molecule has 0 bridgehead atoms. The SMILES string of the molecule is Cn1cc(-c2ccnc(NCCN3CCC[C@H](c4ccccc4)C3)n2)cn1.